The summed E-state index contributed by atoms with van der Waals surface area (Å²) >= 11 is 0. The molecule has 2 aromatic heterocycles. The molecule has 3 N–H and O–H groups in total. The van der Waals surface area contributed by atoms with Crippen molar-refractivity contribution in [3.8, 4) is 11.3 Å². The summed E-state index contributed by atoms with van der Waals surface area (Å²) in [5, 5.41) is 13.8. The van der Waals surface area contributed by atoms with E-state index >= 15 is 4.39 Å². The van der Waals surface area contributed by atoms with Crippen LogP contribution in [-0.2, 0) is 6.42 Å². The van der Waals surface area contributed by atoms with Crippen LogP contribution in [0.5, 0.6) is 0 Å². The Morgan fingerprint density at radius 1 is 1.15 bits per heavy atom. The lowest BCUT2D eigenvalue weighted by Crippen LogP contribution is -2.35. The molecule has 3 heterocycles. The topological polar surface area (TPSA) is 81.3 Å². The molecule has 1 fully saturated rings. The van der Waals surface area contributed by atoms with Gasteiger partial charge in [-0.05, 0) is 87.7 Å². The van der Waals surface area contributed by atoms with E-state index in [1.165, 1.54) is 12.4 Å². The molecule has 0 saturated carbocycles. The van der Waals surface area contributed by atoms with Gasteiger partial charge in [0.05, 0.1) is 11.9 Å². The van der Waals surface area contributed by atoms with E-state index in [0.29, 0.717) is 29.5 Å². The van der Waals surface area contributed by atoms with E-state index in [9.17, 15) is 4.39 Å². The number of rotatable bonds is 10. The molecule has 0 amide bonds. The maximum Gasteiger partial charge on any atom is 0.180 e. The number of halogens is 2. The lowest BCUT2D eigenvalue weighted by molar-refractivity contribution is 0.253. The third-order valence-electron chi connectivity index (χ3n) is 7.71. The average Bonchev–Trinajstić information content (AvgIpc) is 3.39. The summed E-state index contributed by atoms with van der Waals surface area (Å²) in [6, 6.07) is 9.27. The Morgan fingerprint density at radius 3 is 2.67 bits per heavy atom. The van der Waals surface area contributed by atoms with Crippen molar-refractivity contribution in [3.05, 3.63) is 83.8 Å². The van der Waals surface area contributed by atoms with Crippen LogP contribution in [0.15, 0.2) is 55.5 Å². The van der Waals surface area contributed by atoms with Gasteiger partial charge in [-0.1, -0.05) is 18.7 Å². The molecule has 0 spiro atoms. The van der Waals surface area contributed by atoms with Crippen molar-refractivity contribution < 1.29 is 8.78 Å². The molecule has 2 aromatic carbocycles. The van der Waals surface area contributed by atoms with Gasteiger partial charge in [0.25, 0.3) is 0 Å². The van der Waals surface area contributed by atoms with Crippen LogP contribution in [-0.4, -0.2) is 52.2 Å². The number of hydrogen-bond donors (Lipinski definition) is 3. The number of aromatic nitrogens is 3. The van der Waals surface area contributed by atoms with Crippen LogP contribution >= 0.6 is 0 Å². The van der Waals surface area contributed by atoms with Crippen LogP contribution in [0.3, 0.4) is 0 Å². The van der Waals surface area contributed by atoms with Crippen LogP contribution in [0.1, 0.15) is 36.0 Å². The van der Waals surface area contributed by atoms with E-state index in [2.05, 4.69) is 51.1 Å². The van der Waals surface area contributed by atoms with Crippen molar-refractivity contribution >= 4 is 29.1 Å². The zero-order chi connectivity index (χ0) is 28.2. The second kappa shape index (κ2) is 12.0. The maximum absolute atomic E-state index is 15.0. The van der Waals surface area contributed by atoms with Crippen LogP contribution in [0.2, 0.25) is 0 Å². The highest BCUT2D eigenvalue weighted by Crippen LogP contribution is 2.31. The lowest BCUT2D eigenvalue weighted by Gasteiger charge is -2.35. The van der Waals surface area contributed by atoms with Crippen molar-refractivity contribution in [2.24, 2.45) is 5.92 Å². The number of benzene rings is 2. The Labute approximate surface area is 233 Å². The molecule has 0 unspecified atom stereocenters. The monoisotopic (exact) mass is 543 g/mol. The highest BCUT2D eigenvalue weighted by Gasteiger charge is 2.22. The van der Waals surface area contributed by atoms with Crippen molar-refractivity contribution in [1.29, 1.82) is 5.41 Å². The van der Waals surface area contributed by atoms with E-state index < -0.39 is 11.6 Å². The Balaban J connectivity index is 1.36. The minimum Gasteiger partial charge on any atom is -0.372 e. The molecule has 1 aliphatic rings. The number of nitrogens with one attached hydrogen (secondary N) is 3. The molecule has 40 heavy (non-hydrogen) atoms. The second-order valence-corrected chi connectivity index (χ2v) is 10.3. The van der Waals surface area contributed by atoms with Gasteiger partial charge in [0.1, 0.15) is 0 Å². The average molecular weight is 544 g/mol. The van der Waals surface area contributed by atoms with Crippen LogP contribution in [0.25, 0.3) is 22.6 Å². The molecule has 7 nitrogen and oxygen atoms in total. The fourth-order valence-corrected chi connectivity index (χ4v) is 5.48. The standard InChI is InChI=1S/C31H35F2N7/c1-20-17-24(7-9-25(20)21(2)39-14-10-22(11-15-39)18-35-3)38-30-31-37-19-27(40(31)16-13-36-30)26-8-6-23(5-4-12-34)28(32)29(26)33/h6-9,12-13,16-17,19,22,34-35H,2,4-5,10-11,14-15,18H2,1,3H3,(H,36,38). The summed E-state index contributed by atoms with van der Waals surface area (Å²) in [6.45, 7) is 9.55. The van der Waals surface area contributed by atoms with Crippen molar-refractivity contribution in [2.45, 2.75) is 32.6 Å². The van der Waals surface area contributed by atoms with E-state index in [1.54, 1.807) is 28.9 Å². The van der Waals surface area contributed by atoms with Gasteiger partial charge in [0.15, 0.2) is 23.1 Å². The largest absolute Gasteiger partial charge is 0.372 e. The summed E-state index contributed by atoms with van der Waals surface area (Å²) in [7, 11) is 2.01. The Bertz CT molecular complexity index is 1540. The predicted octanol–water partition coefficient (Wildman–Crippen LogP) is 6.21. The molecule has 4 aromatic rings. The number of fused-ring (bicyclic) bond motifs is 1. The normalized spacial score (nSPS) is 14.1. The molecular formula is C31H35F2N7. The molecule has 0 bridgehead atoms. The van der Waals surface area contributed by atoms with Gasteiger partial charge in [-0.15, -0.1) is 0 Å². The lowest BCUT2D eigenvalue weighted by atomic mass is 9.95. The molecular weight excluding hydrogens is 508 g/mol. The molecule has 5 rings (SSSR count). The number of likely N-dealkylation sites (tertiary alicyclic amines) is 1. The number of anilines is 2. The first kappa shape index (κ1) is 27.5. The minimum atomic E-state index is -0.923. The van der Waals surface area contributed by atoms with Gasteiger partial charge in [0, 0.05) is 48.0 Å². The third kappa shape index (κ3) is 5.47. The van der Waals surface area contributed by atoms with Gasteiger partial charge in [0.2, 0.25) is 0 Å². The molecule has 208 valence electrons. The minimum absolute atomic E-state index is 0.120. The molecule has 0 atom stereocenters. The highest BCUT2D eigenvalue weighted by molar-refractivity contribution is 5.76. The van der Waals surface area contributed by atoms with Crippen LogP contribution < -0.4 is 10.6 Å². The zero-order valence-electron chi connectivity index (χ0n) is 23.0. The second-order valence-electron chi connectivity index (χ2n) is 10.3. The molecule has 9 heteroatoms. The fourth-order valence-electron chi connectivity index (χ4n) is 5.48. The number of piperidine rings is 1. The van der Waals surface area contributed by atoms with Crippen molar-refractivity contribution in [1.82, 2.24) is 24.6 Å². The first-order valence-electron chi connectivity index (χ1n) is 13.7. The van der Waals surface area contributed by atoms with Gasteiger partial charge < -0.3 is 20.9 Å². The molecule has 0 radical (unpaired) electrons. The maximum atomic E-state index is 15.0. The molecule has 0 aliphatic carbocycles. The Morgan fingerprint density at radius 2 is 1.95 bits per heavy atom. The summed E-state index contributed by atoms with van der Waals surface area (Å²) in [5.41, 5.74) is 5.41. The highest BCUT2D eigenvalue weighted by atomic mass is 19.2. The van der Waals surface area contributed by atoms with Crippen molar-refractivity contribution in [2.75, 3.05) is 32.0 Å². The Hall–Kier alpha value is -4.11. The first-order chi connectivity index (χ1) is 19.4. The summed E-state index contributed by atoms with van der Waals surface area (Å²) in [5.74, 6) is -0.586. The molecule has 1 saturated heterocycles. The summed E-state index contributed by atoms with van der Waals surface area (Å²) in [6.07, 6.45) is 8.95. The van der Waals surface area contributed by atoms with Gasteiger partial charge >= 0.3 is 0 Å². The van der Waals surface area contributed by atoms with Gasteiger partial charge in [-0.3, -0.25) is 4.40 Å². The smallest absolute Gasteiger partial charge is 0.180 e. The zero-order valence-corrected chi connectivity index (χ0v) is 23.0. The van der Waals surface area contributed by atoms with E-state index in [1.807, 2.05) is 13.1 Å². The van der Waals surface area contributed by atoms with Crippen LogP contribution in [0.4, 0.5) is 20.3 Å². The summed E-state index contributed by atoms with van der Waals surface area (Å²) < 4.78 is 31.5. The molecule has 1 aliphatic heterocycles. The Kier molecular flexibility index (Phi) is 8.21. The number of imidazole rings is 1. The van der Waals surface area contributed by atoms with Crippen molar-refractivity contribution in [3.63, 3.8) is 0 Å². The summed E-state index contributed by atoms with van der Waals surface area (Å²) in [4.78, 5) is 11.3. The van der Waals surface area contributed by atoms with E-state index in [-0.39, 0.29) is 17.5 Å². The predicted molar refractivity (Wildman–Crippen MR) is 157 cm³/mol. The quantitative estimate of drug-likeness (QED) is 0.207. The fraction of sp³-hybridized carbons (Fsp3) is 0.323. The van der Waals surface area contributed by atoms with E-state index in [0.717, 1.165) is 55.0 Å². The third-order valence-corrected chi connectivity index (χ3v) is 7.71. The van der Waals surface area contributed by atoms with E-state index in [4.69, 9.17) is 5.41 Å². The van der Waals surface area contributed by atoms with Gasteiger partial charge in [-0.25, -0.2) is 18.7 Å². The van der Waals surface area contributed by atoms with Gasteiger partial charge in [-0.2, -0.15) is 0 Å². The number of aryl methyl sites for hydroxylation is 2. The van der Waals surface area contributed by atoms with Crippen LogP contribution in [0, 0.1) is 29.9 Å². The SMILES string of the molecule is C=C(c1ccc(Nc2nccn3c(-c4ccc(CCC=N)c(F)c4F)cnc23)cc1C)N1CCC(CNC)CC1. The first-order valence-corrected chi connectivity index (χ1v) is 13.7. The number of hydrogen-bond acceptors (Lipinski definition) is 6. The number of nitrogens with zero attached hydrogens (tertiary/aromatic N) is 4.